The first-order valence-electron chi connectivity index (χ1n) is 6.70. The van der Waals surface area contributed by atoms with Crippen molar-refractivity contribution in [3.8, 4) is 0 Å². The van der Waals surface area contributed by atoms with Crippen LogP contribution in [0.4, 0.5) is 4.39 Å². The minimum absolute atomic E-state index is 0.165. The molecular weight excluding hydrogens is 259 g/mol. The van der Waals surface area contributed by atoms with E-state index in [1.165, 1.54) is 6.07 Å². The molecule has 0 amide bonds. The Morgan fingerprint density at radius 1 is 1.42 bits per heavy atom. The molecule has 0 aliphatic carbocycles. The number of nitrogens with one attached hydrogen (secondary N) is 1. The molecule has 2 unspecified atom stereocenters. The molecule has 0 bridgehead atoms. The number of nitrogens with zero attached hydrogens (tertiary/aromatic N) is 1. The van der Waals surface area contributed by atoms with Crippen molar-refractivity contribution < 1.29 is 4.39 Å². The Kier molecular flexibility index (Phi) is 7.42. The van der Waals surface area contributed by atoms with E-state index in [4.69, 9.17) is 0 Å². The predicted molar refractivity (Wildman–Crippen MR) is 83.3 cm³/mol. The summed E-state index contributed by atoms with van der Waals surface area (Å²) in [5.41, 5.74) is 1.02. The van der Waals surface area contributed by atoms with Crippen LogP contribution in [-0.2, 0) is 0 Å². The highest BCUT2D eigenvalue weighted by atomic mass is 32.2. The molecule has 0 heterocycles. The van der Waals surface area contributed by atoms with E-state index in [0.717, 1.165) is 24.3 Å². The van der Waals surface area contributed by atoms with Crippen LogP contribution in [0.15, 0.2) is 24.3 Å². The van der Waals surface area contributed by atoms with Crippen molar-refractivity contribution >= 4 is 11.8 Å². The van der Waals surface area contributed by atoms with E-state index in [0.29, 0.717) is 6.04 Å². The molecule has 2 atom stereocenters. The highest BCUT2D eigenvalue weighted by molar-refractivity contribution is 7.98. The van der Waals surface area contributed by atoms with Crippen LogP contribution in [0.2, 0.25) is 0 Å². The van der Waals surface area contributed by atoms with Gasteiger partial charge in [-0.05, 0) is 57.9 Å². The summed E-state index contributed by atoms with van der Waals surface area (Å²) in [6, 6.07) is 7.64. The van der Waals surface area contributed by atoms with E-state index in [-0.39, 0.29) is 11.9 Å². The summed E-state index contributed by atoms with van der Waals surface area (Å²) >= 11 is 1.87. The van der Waals surface area contributed by atoms with Crippen molar-refractivity contribution in [2.24, 2.45) is 0 Å². The standard InChI is InChI=1S/C15H25FN2S/c1-12(11-19-4)18(3)9-8-15(17-2)13-6-5-7-14(16)10-13/h5-7,10,12,15,17H,8-9,11H2,1-4H3. The monoisotopic (exact) mass is 284 g/mol. The van der Waals surface area contributed by atoms with Crippen molar-refractivity contribution in [3.63, 3.8) is 0 Å². The van der Waals surface area contributed by atoms with Gasteiger partial charge in [0.05, 0.1) is 0 Å². The second-order valence-electron chi connectivity index (χ2n) is 4.97. The van der Waals surface area contributed by atoms with Crippen molar-refractivity contribution in [1.29, 1.82) is 0 Å². The summed E-state index contributed by atoms with van der Waals surface area (Å²) in [6.45, 7) is 3.25. The second kappa shape index (κ2) is 8.56. The zero-order valence-electron chi connectivity index (χ0n) is 12.3. The quantitative estimate of drug-likeness (QED) is 0.789. The van der Waals surface area contributed by atoms with Gasteiger partial charge in [-0.2, -0.15) is 11.8 Å². The van der Waals surface area contributed by atoms with E-state index in [1.54, 1.807) is 12.1 Å². The number of halogens is 1. The van der Waals surface area contributed by atoms with Crippen molar-refractivity contribution in [2.45, 2.75) is 25.4 Å². The van der Waals surface area contributed by atoms with Gasteiger partial charge in [-0.1, -0.05) is 12.1 Å². The van der Waals surface area contributed by atoms with E-state index in [9.17, 15) is 4.39 Å². The van der Waals surface area contributed by atoms with E-state index >= 15 is 0 Å². The van der Waals surface area contributed by atoms with Crippen molar-refractivity contribution in [3.05, 3.63) is 35.6 Å². The van der Waals surface area contributed by atoms with Gasteiger partial charge < -0.3 is 10.2 Å². The van der Waals surface area contributed by atoms with Gasteiger partial charge in [0.15, 0.2) is 0 Å². The Labute approximate surface area is 120 Å². The Morgan fingerprint density at radius 2 is 2.16 bits per heavy atom. The summed E-state index contributed by atoms with van der Waals surface area (Å²) in [7, 11) is 4.08. The zero-order valence-corrected chi connectivity index (χ0v) is 13.1. The summed E-state index contributed by atoms with van der Waals surface area (Å²) < 4.78 is 13.3. The van der Waals surface area contributed by atoms with Crippen LogP contribution in [0.1, 0.15) is 24.9 Å². The van der Waals surface area contributed by atoms with Crippen molar-refractivity contribution in [1.82, 2.24) is 10.2 Å². The summed E-state index contributed by atoms with van der Waals surface area (Å²) in [5, 5.41) is 3.27. The molecule has 0 radical (unpaired) electrons. The fourth-order valence-corrected chi connectivity index (χ4v) is 2.86. The molecule has 0 aliphatic rings. The van der Waals surface area contributed by atoms with Crippen LogP contribution in [0.5, 0.6) is 0 Å². The maximum atomic E-state index is 13.3. The molecule has 2 nitrogen and oxygen atoms in total. The normalized spacial score (nSPS) is 14.6. The molecule has 108 valence electrons. The van der Waals surface area contributed by atoms with E-state index in [1.807, 2.05) is 24.9 Å². The van der Waals surface area contributed by atoms with Crippen LogP contribution in [0.3, 0.4) is 0 Å². The lowest BCUT2D eigenvalue weighted by molar-refractivity contribution is 0.262. The van der Waals surface area contributed by atoms with E-state index < -0.39 is 0 Å². The largest absolute Gasteiger partial charge is 0.313 e. The molecular formula is C15H25FN2S. The zero-order chi connectivity index (χ0) is 14.3. The van der Waals surface area contributed by atoms with E-state index in [2.05, 4.69) is 30.4 Å². The highest BCUT2D eigenvalue weighted by Crippen LogP contribution is 2.18. The average Bonchev–Trinajstić information content (AvgIpc) is 2.39. The highest BCUT2D eigenvalue weighted by Gasteiger charge is 2.13. The number of rotatable bonds is 8. The Balaban J connectivity index is 2.53. The molecule has 0 aliphatic heterocycles. The SMILES string of the molecule is CNC(CCN(C)C(C)CSC)c1cccc(F)c1. The molecule has 0 saturated heterocycles. The van der Waals surface area contributed by atoms with Gasteiger partial charge in [0.25, 0.3) is 0 Å². The summed E-state index contributed by atoms with van der Waals surface area (Å²) in [5.74, 6) is 0.975. The van der Waals surface area contributed by atoms with Crippen LogP contribution >= 0.6 is 11.8 Å². The van der Waals surface area contributed by atoms with Gasteiger partial charge in [0.1, 0.15) is 5.82 Å². The van der Waals surface area contributed by atoms with Crippen LogP contribution < -0.4 is 5.32 Å². The van der Waals surface area contributed by atoms with Gasteiger partial charge in [-0.15, -0.1) is 0 Å². The summed E-state index contributed by atoms with van der Waals surface area (Å²) in [6.07, 6.45) is 3.11. The number of thioether (sulfide) groups is 1. The molecule has 1 aromatic rings. The smallest absolute Gasteiger partial charge is 0.123 e. The molecule has 0 aromatic heterocycles. The molecule has 0 fully saturated rings. The fourth-order valence-electron chi connectivity index (χ4n) is 2.12. The van der Waals surface area contributed by atoms with Crippen LogP contribution in [-0.4, -0.2) is 43.6 Å². The lowest BCUT2D eigenvalue weighted by Crippen LogP contribution is -2.33. The summed E-state index contributed by atoms with van der Waals surface area (Å²) in [4.78, 5) is 2.36. The maximum Gasteiger partial charge on any atom is 0.123 e. The first-order chi connectivity index (χ1) is 9.08. The molecule has 1 rings (SSSR count). The third kappa shape index (κ3) is 5.51. The van der Waals surface area contributed by atoms with Crippen LogP contribution in [0.25, 0.3) is 0 Å². The lowest BCUT2D eigenvalue weighted by Gasteiger charge is -2.26. The third-order valence-electron chi connectivity index (χ3n) is 3.53. The molecule has 0 spiro atoms. The van der Waals surface area contributed by atoms with Gasteiger partial charge in [0, 0.05) is 17.8 Å². The van der Waals surface area contributed by atoms with Crippen LogP contribution in [0, 0.1) is 5.82 Å². The lowest BCUT2D eigenvalue weighted by atomic mass is 10.0. The second-order valence-corrected chi connectivity index (χ2v) is 5.88. The Hall–Kier alpha value is -0.580. The van der Waals surface area contributed by atoms with Crippen molar-refractivity contribution in [2.75, 3.05) is 32.6 Å². The topological polar surface area (TPSA) is 15.3 Å². The molecule has 1 aromatic carbocycles. The van der Waals surface area contributed by atoms with Gasteiger partial charge in [-0.3, -0.25) is 0 Å². The van der Waals surface area contributed by atoms with Gasteiger partial charge in [-0.25, -0.2) is 4.39 Å². The Bertz CT molecular complexity index is 373. The predicted octanol–water partition coefficient (Wildman–Crippen LogP) is 3.16. The fraction of sp³-hybridized carbons (Fsp3) is 0.600. The number of hydrogen-bond donors (Lipinski definition) is 1. The maximum absolute atomic E-state index is 13.3. The molecule has 4 heteroatoms. The minimum Gasteiger partial charge on any atom is -0.313 e. The van der Waals surface area contributed by atoms with Gasteiger partial charge in [0.2, 0.25) is 0 Å². The molecule has 1 N–H and O–H groups in total. The number of hydrogen-bond acceptors (Lipinski definition) is 3. The molecule has 0 saturated carbocycles. The number of benzene rings is 1. The molecule has 19 heavy (non-hydrogen) atoms. The average molecular weight is 284 g/mol. The Morgan fingerprint density at radius 3 is 2.74 bits per heavy atom. The first-order valence-corrected chi connectivity index (χ1v) is 8.09. The van der Waals surface area contributed by atoms with Gasteiger partial charge >= 0.3 is 0 Å². The minimum atomic E-state index is -0.165. The third-order valence-corrected chi connectivity index (χ3v) is 4.35. The first kappa shape index (κ1) is 16.5.